The largest absolute Gasteiger partial charge is 0.298 e. The number of likely N-dealkylation sites (N-methyl/N-ethyl adjacent to an activating group) is 1. The number of hydrogen-bond acceptors (Lipinski definition) is 4. The average Bonchev–Trinajstić information content (AvgIpc) is 2.88. The van der Waals surface area contributed by atoms with Crippen LogP contribution in [0.5, 0.6) is 0 Å². The predicted molar refractivity (Wildman–Crippen MR) is 93.9 cm³/mol. The number of aromatic nitrogens is 1. The van der Waals surface area contributed by atoms with E-state index in [9.17, 15) is 4.79 Å². The number of hydrogen-bond donors (Lipinski definition) is 1. The van der Waals surface area contributed by atoms with Crippen LogP contribution in [0, 0.1) is 3.57 Å². The zero-order chi connectivity index (χ0) is 14.8. The molecule has 0 saturated carbocycles. The molecule has 0 saturated heterocycles. The molecule has 0 unspecified atom stereocenters. The predicted octanol–water partition coefficient (Wildman–Crippen LogP) is 3.38. The highest BCUT2D eigenvalue weighted by molar-refractivity contribution is 14.1. The molecule has 110 valence electrons. The number of nitrogens with zero attached hydrogens (tertiary/aromatic N) is 2. The number of anilines is 1. The van der Waals surface area contributed by atoms with Crippen LogP contribution in [0.4, 0.5) is 5.13 Å². The summed E-state index contributed by atoms with van der Waals surface area (Å²) in [7, 11) is 0. The lowest BCUT2D eigenvalue weighted by atomic mass is 10.2. The van der Waals surface area contributed by atoms with Gasteiger partial charge in [0.2, 0.25) is 0 Å². The molecule has 2 heterocycles. The average molecular weight is 413 g/mol. The van der Waals surface area contributed by atoms with Crippen LogP contribution in [0.25, 0.3) is 0 Å². The number of carbonyl (C=O) groups is 1. The minimum Gasteiger partial charge on any atom is -0.298 e. The van der Waals surface area contributed by atoms with Crippen LogP contribution in [0.2, 0.25) is 0 Å². The monoisotopic (exact) mass is 413 g/mol. The standard InChI is InChI=1S/C15H16IN3OS/c1-2-19-8-7-12-13(9-19)21-15(17-12)18-14(20)10-5-3-4-6-11(10)16/h3-6H,2,7-9H2,1H3,(H,17,18,20). The molecule has 1 aliphatic heterocycles. The van der Waals surface area contributed by atoms with Crippen molar-refractivity contribution in [2.75, 3.05) is 18.4 Å². The molecule has 4 nitrogen and oxygen atoms in total. The van der Waals surface area contributed by atoms with Crippen LogP contribution in [0.1, 0.15) is 27.9 Å². The second-order valence-corrected chi connectivity index (χ2v) is 7.19. The van der Waals surface area contributed by atoms with Gasteiger partial charge in [0, 0.05) is 28.0 Å². The normalized spacial score (nSPS) is 14.8. The lowest BCUT2D eigenvalue weighted by molar-refractivity contribution is 0.102. The van der Waals surface area contributed by atoms with Gasteiger partial charge >= 0.3 is 0 Å². The summed E-state index contributed by atoms with van der Waals surface area (Å²) in [4.78, 5) is 20.6. The van der Waals surface area contributed by atoms with E-state index in [-0.39, 0.29) is 5.91 Å². The Morgan fingerprint density at radius 2 is 2.29 bits per heavy atom. The summed E-state index contributed by atoms with van der Waals surface area (Å²) in [6, 6.07) is 7.58. The molecular formula is C15H16IN3OS. The van der Waals surface area contributed by atoms with Crippen molar-refractivity contribution >= 4 is 45.0 Å². The molecule has 1 aromatic carbocycles. The number of carbonyl (C=O) groups excluding carboxylic acids is 1. The molecule has 1 aliphatic rings. The highest BCUT2D eigenvalue weighted by Gasteiger charge is 2.20. The molecule has 1 aromatic heterocycles. The van der Waals surface area contributed by atoms with E-state index in [1.54, 1.807) is 11.3 Å². The molecule has 21 heavy (non-hydrogen) atoms. The molecule has 1 amide bonds. The summed E-state index contributed by atoms with van der Waals surface area (Å²) in [6.07, 6.45) is 0.971. The van der Waals surface area contributed by atoms with Crippen molar-refractivity contribution in [3.63, 3.8) is 0 Å². The molecule has 6 heteroatoms. The van der Waals surface area contributed by atoms with Crippen molar-refractivity contribution in [3.05, 3.63) is 44.0 Å². The van der Waals surface area contributed by atoms with Crippen LogP contribution in [0.3, 0.4) is 0 Å². The number of amides is 1. The molecule has 0 spiro atoms. The fourth-order valence-corrected chi connectivity index (χ4v) is 4.06. The van der Waals surface area contributed by atoms with Gasteiger partial charge in [0.25, 0.3) is 5.91 Å². The third kappa shape index (κ3) is 3.27. The Balaban J connectivity index is 1.76. The van der Waals surface area contributed by atoms with Crippen molar-refractivity contribution < 1.29 is 4.79 Å². The Labute approximate surface area is 141 Å². The van der Waals surface area contributed by atoms with E-state index in [0.717, 1.165) is 35.3 Å². The van der Waals surface area contributed by atoms with Gasteiger partial charge in [0.1, 0.15) is 0 Å². The smallest absolute Gasteiger partial charge is 0.258 e. The van der Waals surface area contributed by atoms with Crippen molar-refractivity contribution in [2.24, 2.45) is 0 Å². The maximum Gasteiger partial charge on any atom is 0.258 e. The van der Waals surface area contributed by atoms with E-state index in [2.05, 4.69) is 44.7 Å². The van der Waals surface area contributed by atoms with Gasteiger partial charge < -0.3 is 0 Å². The maximum absolute atomic E-state index is 12.3. The van der Waals surface area contributed by atoms with Crippen LogP contribution in [0.15, 0.2) is 24.3 Å². The molecule has 0 radical (unpaired) electrons. The lowest BCUT2D eigenvalue weighted by Gasteiger charge is -2.23. The fourth-order valence-electron chi connectivity index (χ4n) is 2.38. The summed E-state index contributed by atoms with van der Waals surface area (Å²) in [5, 5.41) is 3.65. The van der Waals surface area contributed by atoms with Gasteiger partial charge in [-0.15, -0.1) is 11.3 Å². The molecular weight excluding hydrogens is 397 g/mol. The lowest BCUT2D eigenvalue weighted by Crippen LogP contribution is -2.29. The molecule has 0 fully saturated rings. The molecule has 0 aliphatic carbocycles. The Bertz CT molecular complexity index is 671. The summed E-state index contributed by atoms with van der Waals surface area (Å²) >= 11 is 3.77. The highest BCUT2D eigenvalue weighted by atomic mass is 127. The SMILES string of the molecule is CCN1CCc2nc(NC(=O)c3ccccc3I)sc2C1. The number of halogens is 1. The van der Waals surface area contributed by atoms with Crippen LogP contribution in [-0.2, 0) is 13.0 Å². The summed E-state index contributed by atoms with van der Waals surface area (Å²) in [5.74, 6) is -0.0848. The molecule has 1 N–H and O–H groups in total. The van der Waals surface area contributed by atoms with Crippen molar-refractivity contribution in [1.29, 1.82) is 0 Å². The number of fused-ring (bicyclic) bond motifs is 1. The Kier molecular flexibility index (Phi) is 4.56. The first-order valence-electron chi connectivity index (χ1n) is 6.94. The first-order chi connectivity index (χ1) is 10.2. The van der Waals surface area contributed by atoms with E-state index in [0.29, 0.717) is 10.7 Å². The van der Waals surface area contributed by atoms with E-state index in [4.69, 9.17) is 0 Å². The summed E-state index contributed by atoms with van der Waals surface area (Å²) < 4.78 is 0.950. The van der Waals surface area contributed by atoms with Gasteiger partial charge in [0.05, 0.1) is 11.3 Å². The van der Waals surface area contributed by atoms with Crippen molar-refractivity contribution in [1.82, 2.24) is 9.88 Å². The fraction of sp³-hybridized carbons (Fsp3) is 0.333. The van der Waals surface area contributed by atoms with Gasteiger partial charge in [-0.25, -0.2) is 4.98 Å². The topological polar surface area (TPSA) is 45.2 Å². The zero-order valence-corrected chi connectivity index (χ0v) is 14.7. The minimum absolute atomic E-state index is 0.0848. The third-order valence-electron chi connectivity index (χ3n) is 3.60. The molecule has 0 atom stereocenters. The van der Waals surface area contributed by atoms with Crippen LogP contribution >= 0.6 is 33.9 Å². The first-order valence-corrected chi connectivity index (χ1v) is 8.83. The van der Waals surface area contributed by atoms with E-state index < -0.39 is 0 Å². The zero-order valence-electron chi connectivity index (χ0n) is 11.7. The number of nitrogens with one attached hydrogen (secondary N) is 1. The van der Waals surface area contributed by atoms with E-state index in [1.807, 2.05) is 24.3 Å². The quantitative estimate of drug-likeness (QED) is 0.785. The van der Waals surface area contributed by atoms with Gasteiger partial charge in [-0.05, 0) is 41.3 Å². The first kappa shape index (κ1) is 14.9. The summed E-state index contributed by atoms with van der Waals surface area (Å²) in [5.41, 5.74) is 1.84. The third-order valence-corrected chi connectivity index (χ3v) is 5.53. The molecule has 0 bridgehead atoms. The second kappa shape index (κ2) is 6.41. The van der Waals surface area contributed by atoms with Crippen LogP contribution in [-0.4, -0.2) is 28.9 Å². The number of thiazole rings is 1. The number of rotatable bonds is 3. The maximum atomic E-state index is 12.3. The minimum atomic E-state index is -0.0848. The Morgan fingerprint density at radius 1 is 1.48 bits per heavy atom. The second-order valence-electron chi connectivity index (χ2n) is 4.94. The molecule has 3 rings (SSSR count). The van der Waals surface area contributed by atoms with Crippen LogP contribution < -0.4 is 5.32 Å². The Morgan fingerprint density at radius 3 is 3.05 bits per heavy atom. The van der Waals surface area contributed by atoms with Gasteiger partial charge in [-0.2, -0.15) is 0 Å². The van der Waals surface area contributed by atoms with Gasteiger partial charge in [-0.1, -0.05) is 19.1 Å². The number of benzene rings is 1. The van der Waals surface area contributed by atoms with Crippen molar-refractivity contribution in [2.45, 2.75) is 19.9 Å². The van der Waals surface area contributed by atoms with Crippen molar-refractivity contribution in [3.8, 4) is 0 Å². The van der Waals surface area contributed by atoms with E-state index in [1.165, 1.54) is 4.88 Å². The van der Waals surface area contributed by atoms with Gasteiger partial charge in [-0.3, -0.25) is 15.0 Å². The van der Waals surface area contributed by atoms with Gasteiger partial charge in [0.15, 0.2) is 5.13 Å². The summed E-state index contributed by atoms with van der Waals surface area (Å²) in [6.45, 7) is 5.23. The molecule has 2 aromatic rings. The Hall–Kier alpha value is -0.990. The highest BCUT2D eigenvalue weighted by Crippen LogP contribution is 2.28. The van der Waals surface area contributed by atoms with E-state index >= 15 is 0 Å².